The molecule has 0 amide bonds. The Balaban J connectivity index is 2.07. The highest BCUT2D eigenvalue weighted by Crippen LogP contribution is 2.23. The van der Waals surface area contributed by atoms with Crippen LogP contribution in [0.2, 0.25) is 0 Å². The summed E-state index contributed by atoms with van der Waals surface area (Å²) in [6.07, 6.45) is 10.2. The number of rotatable bonds is 6. The maximum atomic E-state index is 6.17. The number of hydrogen-bond acceptors (Lipinski definition) is 3. The first-order valence-electron chi connectivity index (χ1n) is 8.13. The van der Waals surface area contributed by atoms with Crippen molar-refractivity contribution in [3.8, 4) is 5.88 Å². The summed E-state index contributed by atoms with van der Waals surface area (Å²) in [6, 6.07) is 4.29. The van der Waals surface area contributed by atoms with Crippen LogP contribution in [0.3, 0.4) is 0 Å². The predicted octanol–water partition coefficient (Wildman–Crippen LogP) is 3.86. The van der Waals surface area contributed by atoms with Gasteiger partial charge in [-0.3, -0.25) is 0 Å². The summed E-state index contributed by atoms with van der Waals surface area (Å²) < 4.78 is 6.17. The van der Waals surface area contributed by atoms with Crippen molar-refractivity contribution in [2.45, 2.75) is 70.9 Å². The molecule has 0 saturated heterocycles. The molecule has 1 fully saturated rings. The van der Waals surface area contributed by atoms with Crippen LogP contribution in [-0.4, -0.2) is 18.1 Å². The van der Waals surface area contributed by atoms with Crippen LogP contribution in [-0.2, 0) is 13.0 Å². The molecule has 1 aromatic rings. The molecule has 0 spiro atoms. The average molecular weight is 276 g/mol. The molecule has 1 aliphatic rings. The van der Waals surface area contributed by atoms with Gasteiger partial charge in [-0.2, -0.15) is 0 Å². The van der Waals surface area contributed by atoms with Crippen molar-refractivity contribution in [2.24, 2.45) is 0 Å². The molecule has 1 saturated carbocycles. The SMILES string of the molecule is CCCc1cc(CNC)cc(OC2CCCCCC2)n1. The minimum Gasteiger partial charge on any atom is -0.474 e. The zero-order valence-corrected chi connectivity index (χ0v) is 13.0. The Morgan fingerprint density at radius 2 is 1.95 bits per heavy atom. The van der Waals surface area contributed by atoms with E-state index >= 15 is 0 Å². The molecule has 0 atom stereocenters. The van der Waals surface area contributed by atoms with Gasteiger partial charge >= 0.3 is 0 Å². The van der Waals surface area contributed by atoms with E-state index in [-0.39, 0.29) is 0 Å². The molecule has 112 valence electrons. The Morgan fingerprint density at radius 1 is 1.20 bits per heavy atom. The third-order valence-corrected chi connectivity index (χ3v) is 3.89. The van der Waals surface area contributed by atoms with Gasteiger partial charge in [-0.15, -0.1) is 0 Å². The Hall–Kier alpha value is -1.09. The minimum absolute atomic E-state index is 0.365. The third-order valence-electron chi connectivity index (χ3n) is 3.89. The van der Waals surface area contributed by atoms with Crippen molar-refractivity contribution >= 4 is 0 Å². The number of pyridine rings is 1. The maximum Gasteiger partial charge on any atom is 0.214 e. The molecule has 1 heterocycles. The fourth-order valence-corrected chi connectivity index (χ4v) is 2.90. The summed E-state index contributed by atoms with van der Waals surface area (Å²) in [4.78, 5) is 4.68. The number of ether oxygens (including phenoxy) is 1. The monoisotopic (exact) mass is 276 g/mol. The third kappa shape index (κ3) is 4.78. The van der Waals surface area contributed by atoms with Gasteiger partial charge < -0.3 is 10.1 Å². The van der Waals surface area contributed by atoms with Crippen LogP contribution in [0.4, 0.5) is 0 Å². The molecule has 0 unspecified atom stereocenters. The Morgan fingerprint density at radius 3 is 2.60 bits per heavy atom. The second-order valence-corrected chi connectivity index (χ2v) is 5.82. The predicted molar refractivity (Wildman–Crippen MR) is 83.1 cm³/mol. The molecule has 1 aliphatic carbocycles. The van der Waals surface area contributed by atoms with Crippen LogP contribution in [0.25, 0.3) is 0 Å². The van der Waals surface area contributed by atoms with Gasteiger partial charge in [0.05, 0.1) is 0 Å². The van der Waals surface area contributed by atoms with Crippen molar-refractivity contribution in [1.29, 1.82) is 0 Å². The van der Waals surface area contributed by atoms with E-state index in [0.29, 0.717) is 6.10 Å². The van der Waals surface area contributed by atoms with Gasteiger partial charge in [0.25, 0.3) is 0 Å². The Kier molecular flexibility index (Phi) is 6.31. The first-order valence-corrected chi connectivity index (χ1v) is 8.13. The van der Waals surface area contributed by atoms with Crippen molar-refractivity contribution in [1.82, 2.24) is 10.3 Å². The summed E-state index contributed by atoms with van der Waals surface area (Å²) in [5, 5.41) is 3.21. The number of aromatic nitrogens is 1. The summed E-state index contributed by atoms with van der Waals surface area (Å²) in [5.41, 5.74) is 2.43. The molecule has 3 heteroatoms. The number of nitrogens with zero attached hydrogens (tertiary/aromatic N) is 1. The van der Waals surface area contributed by atoms with E-state index in [1.807, 2.05) is 7.05 Å². The van der Waals surface area contributed by atoms with Crippen LogP contribution < -0.4 is 10.1 Å². The molecule has 0 radical (unpaired) electrons. The minimum atomic E-state index is 0.365. The quantitative estimate of drug-likeness (QED) is 0.801. The largest absolute Gasteiger partial charge is 0.474 e. The van der Waals surface area contributed by atoms with Crippen molar-refractivity contribution in [3.05, 3.63) is 23.4 Å². The second-order valence-electron chi connectivity index (χ2n) is 5.82. The molecule has 3 nitrogen and oxygen atoms in total. The first-order chi connectivity index (χ1) is 9.81. The lowest BCUT2D eigenvalue weighted by Gasteiger charge is -2.17. The summed E-state index contributed by atoms with van der Waals surface area (Å²) in [6.45, 7) is 3.07. The van der Waals surface area contributed by atoms with E-state index in [1.165, 1.54) is 44.1 Å². The van der Waals surface area contributed by atoms with Gasteiger partial charge in [-0.25, -0.2) is 4.98 Å². The fourth-order valence-electron chi connectivity index (χ4n) is 2.90. The van der Waals surface area contributed by atoms with Crippen LogP contribution in [0.15, 0.2) is 12.1 Å². The fraction of sp³-hybridized carbons (Fsp3) is 0.706. The zero-order valence-electron chi connectivity index (χ0n) is 13.0. The highest BCUT2D eigenvalue weighted by Gasteiger charge is 2.15. The summed E-state index contributed by atoms with van der Waals surface area (Å²) >= 11 is 0. The standard InChI is InChI=1S/C17H28N2O/c1-3-8-15-11-14(13-18-2)12-17(19-15)20-16-9-6-4-5-7-10-16/h11-12,16,18H,3-10,13H2,1-2H3. The molecule has 1 N–H and O–H groups in total. The highest BCUT2D eigenvalue weighted by atomic mass is 16.5. The second kappa shape index (κ2) is 8.25. The molecule has 0 aliphatic heterocycles. The lowest BCUT2D eigenvalue weighted by Crippen LogP contribution is -2.17. The molecule has 0 aromatic carbocycles. The lowest BCUT2D eigenvalue weighted by molar-refractivity contribution is 0.175. The van der Waals surface area contributed by atoms with Gasteiger partial charge in [0, 0.05) is 18.3 Å². The molecule has 0 bridgehead atoms. The van der Waals surface area contributed by atoms with Gasteiger partial charge in [0.15, 0.2) is 0 Å². The van der Waals surface area contributed by atoms with Crippen LogP contribution in [0, 0.1) is 0 Å². The smallest absolute Gasteiger partial charge is 0.214 e. The van der Waals surface area contributed by atoms with E-state index in [2.05, 4.69) is 29.4 Å². The van der Waals surface area contributed by atoms with Crippen molar-refractivity contribution in [3.63, 3.8) is 0 Å². The van der Waals surface area contributed by atoms with E-state index in [1.54, 1.807) is 0 Å². The topological polar surface area (TPSA) is 34.1 Å². The van der Waals surface area contributed by atoms with Crippen LogP contribution in [0.1, 0.15) is 63.1 Å². The number of hydrogen-bond donors (Lipinski definition) is 1. The first kappa shape index (κ1) is 15.3. The van der Waals surface area contributed by atoms with E-state index in [0.717, 1.165) is 31.0 Å². The van der Waals surface area contributed by atoms with Gasteiger partial charge in [0.2, 0.25) is 5.88 Å². The average Bonchev–Trinajstić information content (AvgIpc) is 2.68. The van der Waals surface area contributed by atoms with Crippen LogP contribution >= 0.6 is 0 Å². The number of nitrogens with one attached hydrogen (secondary N) is 1. The maximum absolute atomic E-state index is 6.17. The van der Waals surface area contributed by atoms with Gasteiger partial charge in [0.1, 0.15) is 6.10 Å². The van der Waals surface area contributed by atoms with Gasteiger partial charge in [-0.05, 0) is 50.8 Å². The molecule has 20 heavy (non-hydrogen) atoms. The van der Waals surface area contributed by atoms with Crippen LogP contribution in [0.5, 0.6) is 5.88 Å². The van der Waals surface area contributed by atoms with Gasteiger partial charge in [-0.1, -0.05) is 26.2 Å². The normalized spacial score (nSPS) is 16.9. The molecular weight excluding hydrogens is 248 g/mol. The molecule has 2 rings (SSSR count). The van der Waals surface area contributed by atoms with E-state index < -0.39 is 0 Å². The Labute approximate surface area is 123 Å². The zero-order chi connectivity index (χ0) is 14.2. The van der Waals surface area contributed by atoms with E-state index in [4.69, 9.17) is 4.74 Å². The van der Waals surface area contributed by atoms with E-state index in [9.17, 15) is 0 Å². The van der Waals surface area contributed by atoms with Crippen molar-refractivity contribution < 1.29 is 4.74 Å². The van der Waals surface area contributed by atoms with Crippen molar-refractivity contribution in [2.75, 3.05) is 7.05 Å². The summed E-state index contributed by atoms with van der Waals surface area (Å²) in [5.74, 6) is 0.827. The Bertz CT molecular complexity index is 374. The molecule has 1 aromatic heterocycles. The summed E-state index contributed by atoms with van der Waals surface area (Å²) in [7, 11) is 1.98. The molecular formula is C17H28N2O. The highest BCUT2D eigenvalue weighted by molar-refractivity contribution is 5.25. The number of aryl methyl sites for hydroxylation is 1. The lowest BCUT2D eigenvalue weighted by atomic mass is 10.1.